The van der Waals surface area contributed by atoms with Gasteiger partial charge in [-0.1, -0.05) is 6.07 Å². The SMILES string of the molecule is NC(=O)COc1ccc(C=C2C(=O)NC(=S)NC2=O)cc1Br. The first-order valence-corrected chi connectivity index (χ1v) is 7.16. The van der Waals surface area contributed by atoms with E-state index in [0.29, 0.717) is 15.8 Å². The number of ether oxygens (including phenoxy) is 1. The van der Waals surface area contributed by atoms with Gasteiger partial charge >= 0.3 is 0 Å². The highest BCUT2D eigenvalue weighted by Gasteiger charge is 2.25. The highest BCUT2D eigenvalue weighted by atomic mass is 79.9. The summed E-state index contributed by atoms with van der Waals surface area (Å²) in [4.78, 5) is 34.2. The molecule has 4 N–H and O–H groups in total. The topological polar surface area (TPSA) is 111 Å². The molecule has 3 amide bonds. The van der Waals surface area contributed by atoms with Gasteiger partial charge in [-0.2, -0.15) is 0 Å². The zero-order chi connectivity index (χ0) is 16.3. The number of hydrogen-bond acceptors (Lipinski definition) is 5. The van der Waals surface area contributed by atoms with Gasteiger partial charge in [-0.15, -0.1) is 0 Å². The molecule has 1 heterocycles. The van der Waals surface area contributed by atoms with E-state index in [4.69, 9.17) is 22.7 Å². The van der Waals surface area contributed by atoms with Crippen LogP contribution in [0.5, 0.6) is 5.75 Å². The number of nitrogens with one attached hydrogen (secondary N) is 2. The molecule has 0 atom stereocenters. The van der Waals surface area contributed by atoms with E-state index in [1.807, 2.05) is 0 Å². The Bertz CT molecular complexity index is 695. The lowest BCUT2D eigenvalue weighted by Gasteiger charge is -2.16. The van der Waals surface area contributed by atoms with Crippen LogP contribution in [0.1, 0.15) is 5.56 Å². The molecule has 1 aromatic rings. The van der Waals surface area contributed by atoms with Crippen molar-refractivity contribution in [1.29, 1.82) is 0 Å². The molecule has 22 heavy (non-hydrogen) atoms. The van der Waals surface area contributed by atoms with Crippen LogP contribution in [0, 0.1) is 0 Å². The maximum Gasteiger partial charge on any atom is 0.263 e. The summed E-state index contributed by atoms with van der Waals surface area (Å²) in [6.45, 7) is -0.249. The predicted octanol–water partition coefficient (Wildman–Crippen LogP) is 0.228. The Labute approximate surface area is 139 Å². The average Bonchev–Trinajstić information content (AvgIpc) is 2.41. The number of carbonyl (C=O) groups is 3. The molecule has 1 aromatic carbocycles. The van der Waals surface area contributed by atoms with Gasteiger partial charge in [-0.05, 0) is 51.9 Å². The third kappa shape index (κ3) is 3.89. The summed E-state index contributed by atoms with van der Waals surface area (Å²) < 4.78 is 5.73. The molecule has 1 aliphatic rings. The van der Waals surface area contributed by atoms with Crippen LogP contribution in [0.25, 0.3) is 6.08 Å². The lowest BCUT2D eigenvalue weighted by atomic mass is 10.1. The number of amides is 3. The number of nitrogens with two attached hydrogens (primary N) is 1. The summed E-state index contributed by atoms with van der Waals surface area (Å²) in [5, 5.41) is 4.66. The normalized spacial score (nSPS) is 14.2. The summed E-state index contributed by atoms with van der Waals surface area (Å²) in [6.07, 6.45) is 1.41. The van der Waals surface area contributed by atoms with Crippen LogP contribution in [-0.4, -0.2) is 29.4 Å². The second kappa shape index (κ2) is 6.67. The zero-order valence-electron chi connectivity index (χ0n) is 11.0. The first kappa shape index (κ1) is 16.1. The van der Waals surface area contributed by atoms with Gasteiger partial charge in [0.2, 0.25) is 0 Å². The molecule has 1 aliphatic heterocycles. The summed E-state index contributed by atoms with van der Waals surface area (Å²) in [5.74, 6) is -1.32. The molecule has 1 fully saturated rings. The molecule has 0 aromatic heterocycles. The monoisotopic (exact) mass is 383 g/mol. The van der Waals surface area contributed by atoms with Gasteiger partial charge in [-0.3, -0.25) is 25.0 Å². The van der Waals surface area contributed by atoms with Crippen LogP contribution in [0.4, 0.5) is 0 Å². The Hall–Kier alpha value is -2.26. The maximum absolute atomic E-state index is 11.7. The van der Waals surface area contributed by atoms with Crippen LogP contribution >= 0.6 is 28.1 Å². The minimum atomic E-state index is -0.593. The molecule has 0 spiro atoms. The Morgan fingerprint density at radius 2 is 1.95 bits per heavy atom. The van der Waals surface area contributed by atoms with Crippen molar-refractivity contribution in [3.8, 4) is 5.75 Å². The van der Waals surface area contributed by atoms with Crippen molar-refractivity contribution in [2.24, 2.45) is 5.73 Å². The van der Waals surface area contributed by atoms with E-state index in [2.05, 4.69) is 26.6 Å². The summed E-state index contributed by atoms with van der Waals surface area (Å²) in [5.41, 5.74) is 5.52. The number of hydrogen-bond donors (Lipinski definition) is 3. The fraction of sp³-hybridized carbons (Fsp3) is 0.0769. The minimum Gasteiger partial charge on any atom is -0.483 e. The molecule has 7 nitrogen and oxygen atoms in total. The van der Waals surface area contributed by atoms with E-state index in [0.717, 1.165) is 0 Å². The summed E-state index contributed by atoms with van der Waals surface area (Å²) in [6, 6.07) is 4.85. The van der Waals surface area contributed by atoms with Gasteiger partial charge < -0.3 is 10.5 Å². The molecule has 0 bridgehead atoms. The Balaban J connectivity index is 2.23. The third-order valence-corrected chi connectivity index (χ3v) is 3.40. The van der Waals surface area contributed by atoms with Gasteiger partial charge in [-0.25, -0.2) is 0 Å². The van der Waals surface area contributed by atoms with Crippen LogP contribution in [0.15, 0.2) is 28.2 Å². The van der Waals surface area contributed by atoms with E-state index in [1.54, 1.807) is 18.2 Å². The average molecular weight is 384 g/mol. The van der Waals surface area contributed by atoms with Gasteiger partial charge in [0.25, 0.3) is 17.7 Å². The molecule has 9 heteroatoms. The summed E-state index contributed by atoms with van der Waals surface area (Å²) in [7, 11) is 0. The standard InChI is InChI=1S/C13H10BrN3O4S/c14-8-4-6(1-2-9(8)21-5-10(15)18)3-7-11(19)16-13(22)17-12(7)20/h1-4H,5H2,(H2,15,18)(H2,16,17,19,20,22). The second-order valence-electron chi connectivity index (χ2n) is 4.24. The lowest BCUT2D eigenvalue weighted by Crippen LogP contribution is -2.51. The molecule has 114 valence electrons. The number of rotatable bonds is 4. The third-order valence-electron chi connectivity index (χ3n) is 2.58. The fourth-order valence-corrected chi connectivity index (χ4v) is 2.34. The van der Waals surface area contributed by atoms with Crippen molar-refractivity contribution >= 4 is 57.1 Å². The molecule has 1 saturated heterocycles. The van der Waals surface area contributed by atoms with E-state index < -0.39 is 17.7 Å². The quantitative estimate of drug-likeness (QED) is 0.391. The van der Waals surface area contributed by atoms with Crippen LogP contribution < -0.4 is 21.1 Å². The van der Waals surface area contributed by atoms with Crippen molar-refractivity contribution in [2.45, 2.75) is 0 Å². The lowest BCUT2D eigenvalue weighted by molar-refractivity contribution is -0.123. The van der Waals surface area contributed by atoms with Crippen LogP contribution in [0.2, 0.25) is 0 Å². The smallest absolute Gasteiger partial charge is 0.263 e. The fourth-order valence-electron chi connectivity index (χ4n) is 1.65. The van der Waals surface area contributed by atoms with Crippen molar-refractivity contribution in [3.63, 3.8) is 0 Å². The molecule has 0 saturated carbocycles. The van der Waals surface area contributed by atoms with E-state index in [9.17, 15) is 14.4 Å². The number of thiocarbonyl (C=S) groups is 1. The highest BCUT2D eigenvalue weighted by molar-refractivity contribution is 9.10. The van der Waals surface area contributed by atoms with Crippen molar-refractivity contribution in [1.82, 2.24) is 10.6 Å². The largest absolute Gasteiger partial charge is 0.483 e. The molecule has 0 unspecified atom stereocenters. The Kier molecular flexibility index (Phi) is 4.88. The Morgan fingerprint density at radius 1 is 1.32 bits per heavy atom. The number of carbonyl (C=O) groups excluding carboxylic acids is 3. The van der Waals surface area contributed by atoms with Crippen molar-refractivity contribution in [3.05, 3.63) is 33.8 Å². The molecule has 0 radical (unpaired) electrons. The van der Waals surface area contributed by atoms with Crippen LogP contribution in [-0.2, 0) is 14.4 Å². The van der Waals surface area contributed by atoms with E-state index in [-0.39, 0.29) is 17.3 Å². The second-order valence-corrected chi connectivity index (χ2v) is 5.50. The van der Waals surface area contributed by atoms with Crippen molar-refractivity contribution in [2.75, 3.05) is 6.61 Å². The molecule has 0 aliphatic carbocycles. The molecular weight excluding hydrogens is 374 g/mol. The number of benzene rings is 1. The molecular formula is C13H10BrN3O4S. The van der Waals surface area contributed by atoms with Crippen molar-refractivity contribution < 1.29 is 19.1 Å². The van der Waals surface area contributed by atoms with Gasteiger partial charge in [0.15, 0.2) is 11.7 Å². The summed E-state index contributed by atoms with van der Waals surface area (Å²) >= 11 is 7.99. The first-order valence-electron chi connectivity index (χ1n) is 5.96. The predicted molar refractivity (Wildman–Crippen MR) is 85.7 cm³/mol. The van der Waals surface area contributed by atoms with E-state index in [1.165, 1.54) is 6.08 Å². The van der Waals surface area contributed by atoms with Gasteiger partial charge in [0.1, 0.15) is 11.3 Å². The molecule has 2 rings (SSSR count). The van der Waals surface area contributed by atoms with Crippen LogP contribution in [0.3, 0.4) is 0 Å². The Morgan fingerprint density at radius 3 is 2.50 bits per heavy atom. The number of halogens is 1. The van der Waals surface area contributed by atoms with Gasteiger partial charge in [0.05, 0.1) is 4.47 Å². The maximum atomic E-state index is 11.7. The number of primary amides is 1. The highest BCUT2D eigenvalue weighted by Crippen LogP contribution is 2.27. The minimum absolute atomic E-state index is 0.0245. The first-order chi connectivity index (χ1) is 10.4. The van der Waals surface area contributed by atoms with Gasteiger partial charge in [0, 0.05) is 0 Å². The van der Waals surface area contributed by atoms with E-state index >= 15 is 0 Å². The zero-order valence-corrected chi connectivity index (χ0v) is 13.4.